The second-order valence-electron chi connectivity index (χ2n) is 2.43. The first kappa shape index (κ1) is 7.90. The maximum Gasteiger partial charge on any atom is 0.161 e. The average Bonchev–Trinajstić information content (AvgIpc) is 2.48. The van der Waals surface area contributed by atoms with Gasteiger partial charge in [0, 0.05) is 17.1 Å². The van der Waals surface area contributed by atoms with Crippen LogP contribution in [0.5, 0.6) is 0 Å². The lowest BCUT2D eigenvalue weighted by atomic mass is 10.2. The number of aromatic nitrogens is 1. The van der Waals surface area contributed by atoms with Crippen molar-refractivity contribution in [2.75, 3.05) is 0 Å². The first-order valence-corrected chi connectivity index (χ1v) is 4.06. The summed E-state index contributed by atoms with van der Waals surface area (Å²) in [5.41, 5.74) is 0.742. The monoisotopic (exact) mass is 203 g/mol. The molecular weight excluding hydrogens is 200 g/mol. The fourth-order valence-corrected chi connectivity index (χ4v) is 1.62. The number of aromatic amines is 1. The maximum atomic E-state index is 13.1. The summed E-state index contributed by atoms with van der Waals surface area (Å²) in [4.78, 5) is 2.89. The molecule has 62 valence electrons. The molecule has 2 aromatic rings. The molecule has 1 aromatic carbocycles. The minimum Gasteiger partial charge on any atom is -0.361 e. The smallest absolute Gasteiger partial charge is 0.161 e. The quantitative estimate of drug-likeness (QED) is 0.630. The SMILES string of the molecule is Fc1c(Cl)cc2[nH]ccc2c1Cl. The first-order valence-electron chi connectivity index (χ1n) is 3.30. The van der Waals surface area contributed by atoms with Crippen molar-refractivity contribution in [1.82, 2.24) is 4.98 Å². The summed E-state index contributed by atoms with van der Waals surface area (Å²) in [7, 11) is 0. The molecule has 1 heterocycles. The molecule has 0 aliphatic heterocycles. The van der Waals surface area contributed by atoms with Gasteiger partial charge in [0.2, 0.25) is 0 Å². The lowest BCUT2D eigenvalue weighted by molar-refractivity contribution is 0.630. The number of hydrogen-bond acceptors (Lipinski definition) is 0. The molecule has 0 spiro atoms. The number of H-pyrrole nitrogens is 1. The van der Waals surface area contributed by atoms with E-state index in [0.29, 0.717) is 5.39 Å². The Morgan fingerprint density at radius 3 is 2.83 bits per heavy atom. The van der Waals surface area contributed by atoms with E-state index < -0.39 is 5.82 Å². The predicted molar refractivity (Wildman–Crippen MR) is 48.3 cm³/mol. The van der Waals surface area contributed by atoms with E-state index in [-0.39, 0.29) is 10.0 Å². The lowest BCUT2D eigenvalue weighted by Crippen LogP contribution is -1.80. The standard InChI is InChI=1S/C8H4Cl2FN/c9-5-3-6-4(1-2-12-6)7(10)8(5)11/h1-3,12H. The molecule has 12 heavy (non-hydrogen) atoms. The third-order valence-electron chi connectivity index (χ3n) is 1.69. The van der Waals surface area contributed by atoms with Crippen LogP contribution < -0.4 is 0 Å². The molecule has 4 heteroatoms. The van der Waals surface area contributed by atoms with Crippen LogP contribution in [0, 0.1) is 5.82 Å². The van der Waals surface area contributed by atoms with Crippen LogP contribution in [0.15, 0.2) is 18.3 Å². The highest BCUT2D eigenvalue weighted by atomic mass is 35.5. The van der Waals surface area contributed by atoms with E-state index in [1.165, 1.54) is 6.07 Å². The summed E-state index contributed by atoms with van der Waals surface area (Å²) < 4.78 is 13.1. The molecule has 0 aliphatic carbocycles. The Morgan fingerprint density at radius 2 is 2.08 bits per heavy atom. The Bertz CT molecular complexity index is 436. The van der Waals surface area contributed by atoms with Gasteiger partial charge in [-0.15, -0.1) is 0 Å². The Kier molecular flexibility index (Phi) is 1.74. The highest BCUT2D eigenvalue weighted by molar-refractivity contribution is 6.38. The van der Waals surface area contributed by atoms with Crippen molar-refractivity contribution in [1.29, 1.82) is 0 Å². The van der Waals surface area contributed by atoms with Gasteiger partial charge in [-0.25, -0.2) is 4.39 Å². The van der Waals surface area contributed by atoms with Gasteiger partial charge in [0.15, 0.2) is 5.82 Å². The molecule has 2 rings (SSSR count). The highest BCUT2D eigenvalue weighted by Crippen LogP contribution is 2.30. The Hall–Kier alpha value is -0.730. The summed E-state index contributed by atoms with van der Waals surface area (Å²) in [6, 6.07) is 3.22. The third-order valence-corrected chi connectivity index (χ3v) is 2.33. The van der Waals surface area contributed by atoms with Crippen molar-refractivity contribution in [2.24, 2.45) is 0 Å². The zero-order valence-electron chi connectivity index (χ0n) is 5.87. The van der Waals surface area contributed by atoms with Crippen LogP contribution in [0.4, 0.5) is 4.39 Å². The van der Waals surface area contributed by atoms with E-state index in [9.17, 15) is 4.39 Å². The Balaban J connectivity index is 2.94. The van der Waals surface area contributed by atoms with Crippen molar-refractivity contribution in [3.05, 3.63) is 34.2 Å². The summed E-state index contributed by atoms with van der Waals surface area (Å²) in [5.74, 6) is -0.564. The molecular formula is C8H4Cl2FN. The minimum atomic E-state index is -0.564. The van der Waals surface area contributed by atoms with Crippen molar-refractivity contribution < 1.29 is 4.39 Å². The number of rotatable bonds is 0. The molecule has 0 bridgehead atoms. The summed E-state index contributed by atoms with van der Waals surface area (Å²) in [6.07, 6.45) is 1.69. The molecule has 0 atom stereocenters. The van der Waals surface area contributed by atoms with E-state index in [0.717, 1.165) is 5.52 Å². The number of hydrogen-bond donors (Lipinski definition) is 1. The maximum absolute atomic E-state index is 13.1. The molecule has 1 N–H and O–H groups in total. The van der Waals surface area contributed by atoms with Crippen LogP contribution in [0.3, 0.4) is 0 Å². The molecule has 0 fully saturated rings. The van der Waals surface area contributed by atoms with Gasteiger partial charge in [-0.05, 0) is 12.1 Å². The van der Waals surface area contributed by atoms with Crippen LogP contribution in [0.1, 0.15) is 0 Å². The van der Waals surface area contributed by atoms with Crippen LogP contribution in [0.25, 0.3) is 10.9 Å². The number of fused-ring (bicyclic) bond motifs is 1. The summed E-state index contributed by atoms with van der Waals surface area (Å²) in [5, 5.41) is 0.757. The lowest BCUT2D eigenvalue weighted by Gasteiger charge is -1.98. The van der Waals surface area contributed by atoms with E-state index >= 15 is 0 Å². The highest BCUT2D eigenvalue weighted by Gasteiger charge is 2.10. The zero-order valence-corrected chi connectivity index (χ0v) is 7.38. The van der Waals surface area contributed by atoms with Gasteiger partial charge in [0.1, 0.15) is 0 Å². The minimum absolute atomic E-state index is 0.0370. The Labute approximate surface area is 78.1 Å². The summed E-state index contributed by atoms with van der Waals surface area (Å²) in [6.45, 7) is 0. The second kappa shape index (κ2) is 2.64. The third kappa shape index (κ3) is 0.993. The van der Waals surface area contributed by atoms with Crippen molar-refractivity contribution in [3.63, 3.8) is 0 Å². The molecule has 0 saturated heterocycles. The van der Waals surface area contributed by atoms with Crippen LogP contribution in [-0.2, 0) is 0 Å². The molecule has 0 amide bonds. The van der Waals surface area contributed by atoms with Gasteiger partial charge < -0.3 is 4.98 Å². The van der Waals surface area contributed by atoms with Crippen molar-refractivity contribution >= 4 is 34.1 Å². The van der Waals surface area contributed by atoms with E-state index in [2.05, 4.69) is 4.98 Å². The van der Waals surface area contributed by atoms with Gasteiger partial charge >= 0.3 is 0 Å². The molecule has 0 unspecified atom stereocenters. The topological polar surface area (TPSA) is 15.8 Å². The zero-order chi connectivity index (χ0) is 8.72. The average molecular weight is 204 g/mol. The van der Waals surface area contributed by atoms with Gasteiger partial charge in [-0.1, -0.05) is 23.2 Å². The first-order chi connectivity index (χ1) is 5.70. The van der Waals surface area contributed by atoms with E-state index in [1.54, 1.807) is 12.3 Å². The molecule has 1 nitrogen and oxygen atoms in total. The number of halogens is 3. The predicted octanol–water partition coefficient (Wildman–Crippen LogP) is 3.61. The van der Waals surface area contributed by atoms with Gasteiger partial charge in [0.25, 0.3) is 0 Å². The van der Waals surface area contributed by atoms with Gasteiger partial charge in [-0.3, -0.25) is 0 Å². The van der Waals surface area contributed by atoms with Gasteiger partial charge in [0.05, 0.1) is 10.0 Å². The van der Waals surface area contributed by atoms with Crippen molar-refractivity contribution in [2.45, 2.75) is 0 Å². The normalized spacial score (nSPS) is 10.9. The Morgan fingerprint density at radius 1 is 1.33 bits per heavy atom. The van der Waals surface area contributed by atoms with E-state index in [1.807, 2.05) is 0 Å². The number of benzene rings is 1. The largest absolute Gasteiger partial charge is 0.361 e. The van der Waals surface area contributed by atoms with Crippen molar-refractivity contribution in [3.8, 4) is 0 Å². The van der Waals surface area contributed by atoms with Crippen LogP contribution >= 0.6 is 23.2 Å². The molecule has 0 saturated carbocycles. The number of nitrogens with one attached hydrogen (secondary N) is 1. The molecule has 0 radical (unpaired) electrons. The summed E-state index contributed by atoms with van der Waals surface area (Å²) >= 11 is 11.3. The van der Waals surface area contributed by atoms with Gasteiger partial charge in [-0.2, -0.15) is 0 Å². The molecule has 0 aliphatic rings. The fraction of sp³-hybridized carbons (Fsp3) is 0. The van der Waals surface area contributed by atoms with E-state index in [4.69, 9.17) is 23.2 Å². The van der Waals surface area contributed by atoms with Crippen LogP contribution in [0.2, 0.25) is 10.0 Å². The second-order valence-corrected chi connectivity index (χ2v) is 3.21. The molecule has 1 aromatic heterocycles. The fourth-order valence-electron chi connectivity index (χ4n) is 1.11. The van der Waals surface area contributed by atoms with Crippen LogP contribution in [-0.4, -0.2) is 4.98 Å².